The van der Waals surface area contributed by atoms with Crippen molar-refractivity contribution in [2.75, 3.05) is 32.2 Å². The van der Waals surface area contributed by atoms with Crippen molar-refractivity contribution in [1.82, 2.24) is 19.5 Å². The van der Waals surface area contributed by atoms with E-state index in [-0.39, 0.29) is 17.3 Å². The molecule has 9 heteroatoms. The van der Waals surface area contributed by atoms with Gasteiger partial charge in [-0.05, 0) is 37.1 Å². The number of methoxy groups -OCH3 is 2. The quantitative estimate of drug-likeness (QED) is 0.544. The summed E-state index contributed by atoms with van der Waals surface area (Å²) in [6.07, 6.45) is 4.62. The molecule has 0 spiro atoms. The van der Waals surface area contributed by atoms with Crippen LogP contribution in [-0.4, -0.2) is 52.6 Å². The second kappa shape index (κ2) is 9.17. The van der Waals surface area contributed by atoms with E-state index < -0.39 is 0 Å². The number of carbonyl (C=O) groups excluding carboxylic acids is 1. The fourth-order valence-corrected chi connectivity index (χ4v) is 3.98. The topological polar surface area (TPSA) is 99.4 Å². The Bertz CT molecular complexity index is 1180. The summed E-state index contributed by atoms with van der Waals surface area (Å²) in [5.41, 5.74) is 1.45. The number of piperidine rings is 1. The van der Waals surface area contributed by atoms with Crippen LogP contribution >= 0.6 is 0 Å². The Kier molecular flexibility index (Phi) is 6.16. The van der Waals surface area contributed by atoms with E-state index in [1.165, 1.54) is 17.0 Å². The highest BCUT2D eigenvalue weighted by molar-refractivity contribution is 5.98. The maximum atomic E-state index is 13.3. The molecule has 0 bridgehead atoms. The average molecular weight is 435 g/mol. The molecule has 3 heterocycles. The Balaban J connectivity index is 1.61. The lowest BCUT2D eigenvalue weighted by atomic mass is 9.90. The van der Waals surface area contributed by atoms with Crippen LogP contribution in [0.25, 0.3) is 11.4 Å². The second-order valence-corrected chi connectivity index (χ2v) is 7.65. The fourth-order valence-electron chi connectivity index (χ4n) is 3.98. The Morgan fingerprint density at radius 3 is 2.62 bits per heavy atom. The summed E-state index contributed by atoms with van der Waals surface area (Å²) in [6, 6.07) is 8.38. The van der Waals surface area contributed by atoms with E-state index in [1.807, 2.05) is 4.90 Å². The molecule has 1 saturated heterocycles. The van der Waals surface area contributed by atoms with Gasteiger partial charge in [0.2, 0.25) is 5.95 Å². The van der Waals surface area contributed by atoms with Gasteiger partial charge in [-0.25, -0.2) is 15.0 Å². The smallest absolute Gasteiger partial charge is 0.255 e. The van der Waals surface area contributed by atoms with E-state index in [0.717, 1.165) is 12.8 Å². The van der Waals surface area contributed by atoms with Gasteiger partial charge in [0.1, 0.15) is 6.33 Å². The Labute approximate surface area is 185 Å². The van der Waals surface area contributed by atoms with Crippen LogP contribution in [0.5, 0.6) is 11.5 Å². The normalized spacial score (nSPS) is 16.0. The lowest BCUT2D eigenvalue weighted by Gasteiger charge is -2.33. The van der Waals surface area contributed by atoms with Gasteiger partial charge in [-0.15, -0.1) is 0 Å². The summed E-state index contributed by atoms with van der Waals surface area (Å²) in [5, 5.41) is 0. The second-order valence-electron chi connectivity index (χ2n) is 7.65. The number of Topliss-reactive ketones (excluding diaryl/α,β-unsaturated/α-hetero) is 1. The summed E-state index contributed by atoms with van der Waals surface area (Å²) in [6.45, 7) is 1.18. The number of rotatable bonds is 6. The summed E-state index contributed by atoms with van der Waals surface area (Å²) in [5.74, 6) is 1.44. The van der Waals surface area contributed by atoms with Crippen LogP contribution in [0.1, 0.15) is 23.2 Å². The zero-order valence-electron chi connectivity index (χ0n) is 18.3. The molecule has 0 radical (unpaired) electrons. The van der Waals surface area contributed by atoms with Crippen molar-refractivity contribution < 1.29 is 14.3 Å². The third kappa shape index (κ3) is 4.18. The SMILES string of the molecule is COc1ccc(C(=O)C2CCCN(c3nc(-c4ccncn4)cc(=O)n3C)C2)cc1OC. The van der Waals surface area contributed by atoms with E-state index in [2.05, 4.69) is 9.97 Å². The zero-order valence-corrected chi connectivity index (χ0v) is 18.3. The minimum absolute atomic E-state index is 0.0348. The third-order valence-electron chi connectivity index (χ3n) is 5.70. The molecule has 1 fully saturated rings. The number of hydrogen-bond donors (Lipinski definition) is 0. The molecule has 0 saturated carbocycles. The molecule has 3 aromatic rings. The summed E-state index contributed by atoms with van der Waals surface area (Å²) >= 11 is 0. The minimum Gasteiger partial charge on any atom is -0.493 e. The fraction of sp³-hybridized carbons (Fsp3) is 0.348. The molecule has 1 atom stereocenters. The van der Waals surface area contributed by atoms with Crippen LogP contribution in [0.3, 0.4) is 0 Å². The first-order chi connectivity index (χ1) is 15.5. The van der Waals surface area contributed by atoms with Crippen molar-refractivity contribution in [2.45, 2.75) is 12.8 Å². The molecule has 9 nitrogen and oxygen atoms in total. The Morgan fingerprint density at radius 2 is 1.91 bits per heavy atom. The first-order valence-electron chi connectivity index (χ1n) is 10.4. The van der Waals surface area contributed by atoms with Crippen molar-refractivity contribution in [2.24, 2.45) is 13.0 Å². The number of carbonyl (C=O) groups is 1. The van der Waals surface area contributed by atoms with Crippen LogP contribution in [0.15, 0.2) is 47.7 Å². The molecule has 0 aliphatic carbocycles. The number of anilines is 1. The monoisotopic (exact) mass is 435 g/mol. The van der Waals surface area contributed by atoms with Crippen molar-refractivity contribution in [1.29, 1.82) is 0 Å². The van der Waals surface area contributed by atoms with Gasteiger partial charge in [0.05, 0.1) is 25.6 Å². The lowest BCUT2D eigenvalue weighted by molar-refractivity contribution is 0.0906. The average Bonchev–Trinajstić information content (AvgIpc) is 2.85. The predicted molar refractivity (Wildman–Crippen MR) is 119 cm³/mol. The molecule has 1 aliphatic rings. The van der Waals surface area contributed by atoms with Crippen molar-refractivity contribution >= 4 is 11.7 Å². The van der Waals surface area contributed by atoms with E-state index in [1.54, 1.807) is 51.7 Å². The highest BCUT2D eigenvalue weighted by Crippen LogP contribution is 2.30. The number of ether oxygens (including phenoxy) is 2. The lowest BCUT2D eigenvalue weighted by Crippen LogP contribution is -2.42. The number of aromatic nitrogens is 4. The highest BCUT2D eigenvalue weighted by Gasteiger charge is 2.29. The van der Waals surface area contributed by atoms with E-state index in [9.17, 15) is 9.59 Å². The predicted octanol–water partition coefficient (Wildman–Crippen LogP) is 2.35. The summed E-state index contributed by atoms with van der Waals surface area (Å²) < 4.78 is 12.1. The standard InChI is InChI=1S/C23H25N5O4/c1-27-21(29)12-18(17-8-9-24-14-25-17)26-23(27)28-10-4-5-16(13-28)22(30)15-6-7-19(31-2)20(11-15)32-3/h6-9,11-12,14,16H,4-5,10,13H2,1-3H3. The van der Waals surface area contributed by atoms with Gasteiger partial charge in [0.25, 0.3) is 5.56 Å². The van der Waals surface area contributed by atoms with Crippen LogP contribution in [0, 0.1) is 5.92 Å². The van der Waals surface area contributed by atoms with Gasteiger partial charge >= 0.3 is 0 Å². The van der Waals surface area contributed by atoms with Gasteiger partial charge in [-0.3, -0.25) is 14.2 Å². The first kappa shape index (κ1) is 21.5. The molecule has 0 N–H and O–H groups in total. The molecular weight excluding hydrogens is 410 g/mol. The summed E-state index contributed by atoms with van der Waals surface area (Å²) in [4.78, 5) is 40.7. The molecule has 1 aliphatic heterocycles. The highest BCUT2D eigenvalue weighted by atomic mass is 16.5. The third-order valence-corrected chi connectivity index (χ3v) is 5.70. The van der Waals surface area contributed by atoms with Crippen molar-refractivity contribution in [3.63, 3.8) is 0 Å². The molecule has 32 heavy (non-hydrogen) atoms. The zero-order chi connectivity index (χ0) is 22.7. The number of benzene rings is 1. The molecular formula is C23H25N5O4. The van der Waals surface area contributed by atoms with Crippen LogP contribution in [0.4, 0.5) is 5.95 Å². The molecule has 166 valence electrons. The van der Waals surface area contributed by atoms with Gasteiger partial charge in [0.15, 0.2) is 17.3 Å². The molecule has 1 unspecified atom stereocenters. The number of hydrogen-bond acceptors (Lipinski definition) is 8. The van der Waals surface area contributed by atoms with Crippen LogP contribution in [-0.2, 0) is 7.05 Å². The summed E-state index contributed by atoms with van der Waals surface area (Å²) in [7, 11) is 4.80. The Hall–Kier alpha value is -3.75. The molecule has 1 aromatic carbocycles. The van der Waals surface area contributed by atoms with E-state index in [0.29, 0.717) is 47.5 Å². The first-order valence-corrected chi connectivity index (χ1v) is 10.4. The molecule has 4 rings (SSSR count). The van der Waals surface area contributed by atoms with Crippen LogP contribution < -0.4 is 19.9 Å². The number of nitrogens with zero attached hydrogens (tertiary/aromatic N) is 5. The Morgan fingerprint density at radius 1 is 1.09 bits per heavy atom. The van der Waals surface area contributed by atoms with Gasteiger partial charge in [0, 0.05) is 43.9 Å². The van der Waals surface area contributed by atoms with E-state index >= 15 is 0 Å². The van der Waals surface area contributed by atoms with Crippen LogP contribution in [0.2, 0.25) is 0 Å². The largest absolute Gasteiger partial charge is 0.493 e. The van der Waals surface area contributed by atoms with Gasteiger partial charge < -0.3 is 14.4 Å². The maximum absolute atomic E-state index is 13.3. The van der Waals surface area contributed by atoms with Crippen molar-refractivity contribution in [3.8, 4) is 22.9 Å². The van der Waals surface area contributed by atoms with Gasteiger partial charge in [-0.1, -0.05) is 0 Å². The molecule has 2 aromatic heterocycles. The number of ketones is 1. The minimum atomic E-state index is -0.221. The molecule has 0 amide bonds. The van der Waals surface area contributed by atoms with E-state index in [4.69, 9.17) is 14.5 Å². The maximum Gasteiger partial charge on any atom is 0.255 e. The van der Waals surface area contributed by atoms with Gasteiger partial charge in [-0.2, -0.15) is 0 Å². The van der Waals surface area contributed by atoms with Crippen molar-refractivity contribution in [3.05, 3.63) is 58.8 Å².